The Bertz CT molecular complexity index is 472. The minimum atomic E-state index is -0.381. The number of phenolic OH excluding ortho intramolecular Hbond substituents is 1. The monoisotopic (exact) mass is 366 g/mol. The zero-order valence-corrected chi connectivity index (χ0v) is 16.2. The van der Waals surface area contributed by atoms with Crippen LogP contribution in [0, 0.1) is 0 Å². The number of aromatic hydroxyl groups is 1. The maximum atomic E-state index is 11.9. The van der Waals surface area contributed by atoms with E-state index in [0.29, 0.717) is 38.2 Å². The summed E-state index contributed by atoms with van der Waals surface area (Å²) in [5.41, 5.74) is 0.436. The van der Waals surface area contributed by atoms with Gasteiger partial charge in [-0.3, -0.25) is 0 Å². The molecular formula is C21H34O5. The average Bonchev–Trinajstić information content (AvgIpc) is 2.65. The first-order chi connectivity index (χ1) is 12.7. The highest BCUT2D eigenvalue weighted by atomic mass is 16.7. The van der Waals surface area contributed by atoms with Crippen LogP contribution in [0.4, 0.5) is 0 Å². The molecule has 0 aromatic heterocycles. The van der Waals surface area contributed by atoms with Crippen molar-refractivity contribution in [3.8, 4) is 5.75 Å². The minimum absolute atomic E-state index is 0.129. The van der Waals surface area contributed by atoms with Crippen molar-refractivity contribution in [2.75, 3.05) is 19.8 Å². The quantitative estimate of drug-likeness (QED) is 0.267. The normalized spacial score (nSPS) is 12.1. The second kappa shape index (κ2) is 14.6. The van der Waals surface area contributed by atoms with Gasteiger partial charge in [0.05, 0.1) is 12.2 Å². The summed E-state index contributed by atoms with van der Waals surface area (Å²) in [5, 5.41) is 9.24. The highest BCUT2D eigenvalue weighted by Crippen LogP contribution is 2.12. The van der Waals surface area contributed by atoms with E-state index in [4.69, 9.17) is 14.2 Å². The molecule has 0 aliphatic rings. The molecule has 148 valence electrons. The summed E-state index contributed by atoms with van der Waals surface area (Å²) in [6.45, 7) is 6.06. The van der Waals surface area contributed by atoms with Crippen molar-refractivity contribution in [3.05, 3.63) is 29.8 Å². The highest BCUT2D eigenvalue weighted by Gasteiger charge is 2.11. The molecular weight excluding hydrogens is 332 g/mol. The molecule has 0 saturated carbocycles. The molecule has 0 amide bonds. The third kappa shape index (κ3) is 10.4. The smallest absolute Gasteiger partial charge is 0.338 e. The van der Waals surface area contributed by atoms with Crippen molar-refractivity contribution in [1.82, 2.24) is 0 Å². The molecule has 1 aromatic rings. The van der Waals surface area contributed by atoms with Gasteiger partial charge in [0.1, 0.15) is 5.75 Å². The number of hydrogen-bond donors (Lipinski definition) is 1. The van der Waals surface area contributed by atoms with E-state index >= 15 is 0 Å². The molecule has 0 bridgehead atoms. The SMILES string of the molecule is CCCCCCOC(CCCOC(=O)c1ccc(O)cc1)OCCCC. The number of ether oxygens (including phenoxy) is 3. The molecule has 1 unspecified atom stereocenters. The van der Waals surface area contributed by atoms with Crippen LogP contribution in [0.2, 0.25) is 0 Å². The van der Waals surface area contributed by atoms with Gasteiger partial charge in [-0.25, -0.2) is 4.79 Å². The molecule has 0 saturated heterocycles. The maximum absolute atomic E-state index is 11.9. The van der Waals surface area contributed by atoms with Gasteiger partial charge < -0.3 is 19.3 Å². The van der Waals surface area contributed by atoms with Crippen LogP contribution in [0.1, 0.15) is 75.6 Å². The molecule has 5 heteroatoms. The first-order valence-electron chi connectivity index (χ1n) is 9.86. The van der Waals surface area contributed by atoms with Gasteiger partial charge in [0.15, 0.2) is 6.29 Å². The lowest BCUT2D eigenvalue weighted by Crippen LogP contribution is -2.20. The fourth-order valence-corrected chi connectivity index (χ4v) is 2.41. The molecule has 0 aliphatic heterocycles. The number of unbranched alkanes of at least 4 members (excludes halogenated alkanes) is 4. The van der Waals surface area contributed by atoms with Gasteiger partial charge in [0, 0.05) is 19.6 Å². The fraction of sp³-hybridized carbons (Fsp3) is 0.667. The second-order valence-electron chi connectivity index (χ2n) is 6.41. The predicted octanol–water partition coefficient (Wildman–Crippen LogP) is 5.07. The number of carbonyl (C=O) groups excluding carboxylic acids is 1. The fourth-order valence-electron chi connectivity index (χ4n) is 2.41. The molecule has 26 heavy (non-hydrogen) atoms. The van der Waals surface area contributed by atoms with Crippen molar-refractivity contribution in [1.29, 1.82) is 0 Å². The number of rotatable bonds is 15. The van der Waals surface area contributed by atoms with E-state index in [2.05, 4.69) is 13.8 Å². The summed E-state index contributed by atoms with van der Waals surface area (Å²) in [5.74, 6) is -0.251. The summed E-state index contributed by atoms with van der Waals surface area (Å²) in [4.78, 5) is 11.9. The molecule has 5 nitrogen and oxygen atoms in total. The van der Waals surface area contributed by atoms with Gasteiger partial charge >= 0.3 is 5.97 Å². The van der Waals surface area contributed by atoms with Crippen LogP contribution in [-0.4, -0.2) is 37.2 Å². The molecule has 0 radical (unpaired) electrons. The molecule has 1 aromatic carbocycles. The first kappa shape index (κ1) is 22.5. The minimum Gasteiger partial charge on any atom is -0.508 e. The zero-order chi connectivity index (χ0) is 19.0. The molecule has 1 atom stereocenters. The second-order valence-corrected chi connectivity index (χ2v) is 6.41. The van der Waals surface area contributed by atoms with Gasteiger partial charge in [-0.1, -0.05) is 39.5 Å². The average molecular weight is 366 g/mol. The van der Waals surface area contributed by atoms with Gasteiger partial charge in [-0.05, 0) is 43.5 Å². The van der Waals surface area contributed by atoms with E-state index in [1.165, 1.54) is 31.4 Å². The summed E-state index contributed by atoms with van der Waals surface area (Å²) in [6, 6.07) is 6.04. The number of phenols is 1. The van der Waals surface area contributed by atoms with Crippen LogP contribution < -0.4 is 0 Å². The van der Waals surface area contributed by atoms with Gasteiger partial charge in [0.2, 0.25) is 0 Å². The van der Waals surface area contributed by atoms with E-state index in [1.54, 1.807) is 12.1 Å². The van der Waals surface area contributed by atoms with E-state index in [9.17, 15) is 9.90 Å². The van der Waals surface area contributed by atoms with Crippen LogP contribution >= 0.6 is 0 Å². The Morgan fingerprint density at radius 2 is 1.54 bits per heavy atom. The molecule has 1 rings (SSSR count). The van der Waals surface area contributed by atoms with Gasteiger partial charge in [-0.2, -0.15) is 0 Å². The summed E-state index contributed by atoms with van der Waals surface area (Å²) in [7, 11) is 0. The molecule has 0 spiro atoms. The number of benzene rings is 1. The molecule has 0 fully saturated rings. The van der Waals surface area contributed by atoms with E-state index in [1.807, 2.05) is 0 Å². The van der Waals surface area contributed by atoms with Crippen LogP contribution in [0.25, 0.3) is 0 Å². The summed E-state index contributed by atoms with van der Waals surface area (Å²) in [6.07, 6.45) is 7.96. The Morgan fingerprint density at radius 3 is 2.19 bits per heavy atom. The van der Waals surface area contributed by atoms with Crippen molar-refractivity contribution in [2.24, 2.45) is 0 Å². The van der Waals surface area contributed by atoms with E-state index in [0.717, 1.165) is 19.3 Å². The number of carbonyl (C=O) groups is 1. The Labute approximate surface area is 157 Å². The van der Waals surface area contributed by atoms with Crippen LogP contribution in [0.5, 0.6) is 5.75 Å². The summed E-state index contributed by atoms with van der Waals surface area (Å²) >= 11 is 0. The summed E-state index contributed by atoms with van der Waals surface area (Å²) < 4.78 is 16.9. The topological polar surface area (TPSA) is 65.0 Å². The lowest BCUT2D eigenvalue weighted by atomic mass is 10.2. The maximum Gasteiger partial charge on any atom is 0.338 e. The Kier molecular flexibility index (Phi) is 12.6. The Hall–Kier alpha value is -1.59. The van der Waals surface area contributed by atoms with Crippen molar-refractivity contribution in [3.63, 3.8) is 0 Å². The van der Waals surface area contributed by atoms with Crippen molar-refractivity contribution in [2.45, 2.75) is 71.5 Å². The standard InChI is InChI=1S/C21H34O5/c1-3-5-7-8-16-25-20(24-15-6-4-2)10-9-17-26-21(23)18-11-13-19(22)14-12-18/h11-14,20,22H,3-10,15-17H2,1-2H3. The van der Waals surface area contributed by atoms with E-state index in [-0.39, 0.29) is 18.0 Å². The highest BCUT2D eigenvalue weighted by molar-refractivity contribution is 5.89. The molecule has 0 heterocycles. The molecule has 0 aliphatic carbocycles. The largest absolute Gasteiger partial charge is 0.508 e. The third-order valence-electron chi connectivity index (χ3n) is 4.02. The number of hydrogen-bond acceptors (Lipinski definition) is 5. The molecule has 1 N–H and O–H groups in total. The number of esters is 1. The van der Waals surface area contributed by atoms with Crippen LogP contribution in [-0.2, 0) is 14.2 Å². The third-order valence-corrected chi connectivity index (χ3v) is 4.02. The van der Waals surface area contributed by atoms with Crippen molar-refractivity contribution < 1.29 is 24.1 Å². The van der Waals surface area contributed by atoms with E-state index < -0.39 is 0 Å². The van der Waals surface area contributed by atoms with Gasteiger partial charge in [0.25, 0.3) is 0 Å². The lowest BCUT2D eigenvalue weighted by molar-refractivity contribution is -0.148. The lowest BCUT2D eigenvalue weighted by Gasteiger charge is -2.18. The van der Waals surface area contributed by atoms with Gasteiger partial charge in [-0.15, -0.1) is 0 Å². The van der Waals surface area contributed by atoms with Crippen molar-refractivity contribution >= 4 is 5.97 Å². The Morgan fingerprint density at radius 1 is 0.885 bits per heavy atom. The van der Waals surface area contributed by atoms with Crippen LogP contribution in [0.3, 0.4) is 0 Å². The van der Waals surface area contributed by atoms with Crippen LogP contribution in [0.15, 0.2) is 24.3 Å². The predicted molar refractivity (Wildman–Crippen MR) is 102 cm³/mol. The Balaban J connectivity index is 2.25. The first-order valence-corrected chi connectivity index (χ1v) is 9.86. The zero-order valence-electron chi connectivity index (χ0n) is 16.2.